The van der Waals surface area contributed by atoms with Gasteiger partial charge in [0.25, 0.3) is 0 Å². The van der Waals surface area contributed by atoms with Crippen molar-refractivity contribution in [1.82, 2.24) is 0 Å². The molecule has 0 aromatic heterocycles. The van der Waals surface area contributed by atoms with E-state index in [9.17, 15) is 0 Å². The van der Waals surface area contributed by atoms with Crippen LogP contribution in [0.1, 0.15) is 74.9 Å². The van der Waals surface area contributed by atoms with Gasteiger partial charge in [-0.1, -0.05) is 211 Å². The van der Waals surface area contributed by atoms with Gasteiger partial charge >= 0.3 is 0 Å². The van der Waals surface area contributed by atoms with Gasteiger partial charge in [-0.15, -0.1) is 0 Å². The van der Waals surface area contributed by atoms with Crippen molar-refractivity contribution in [3.8, 4) is 77.9 Å². The monoisotopic (exact) mass is 880 g/mol. The summed E-state index contributed by atoms with van der Waals surface area (Å²) >= 11 is 0. The van der Waals surface area contributed by atoms with E-state index >= 15 is 0 Å². The van der Waals surface area contributed by atoms with Crippen LogP contribution in [-0.4, -0.2) is 0 Å². The SMILES string of the molecule is CC1(C)c2ccccc2-c2ccc(-c3ccc4c(c3)C(C)(C)c3cc(-c5c6ccccc6c(-c6ccc7c(c6)C(C)(C)c6ccccc6-7)c6cc(-c7ccc8ccccc8c7)ccc56)ccc3-4)cc21. The van der Waals surface area contributed by atoms with E-state index in [4.69, 9.17) is 0 Å². The minimum absolute atomic E-state index is 0.0419. The summed E-state index contributed by atoms with van der Waals surface area (Å²) in [5, 5.41) is 7.61. The Morgan fingerprint density at radius 2 is 0.551 bits per heavy atom. The minimum atomic E-state index is -0.202. The van der Waals surface area contributed by atoms with Gasteiger partial charge in [-0.25, -0.2) is 0 Å². The Morgan fingerprint density at radius 3 is 1.09 bits per heavy atom. The Kier molecular flexibility index (Phi) is 8.25. The predicted molar refractivity (Wildman–Crippen MR) is 293 cm³/mol. The maximum Gasteiger partial charge on any atom is 0.0159 e. The predicted octanol–water partition coefficient (Wildman–Crippen LogP) is 18.7. The van der Waals surface area contributed by atoms with Gasteiger partial charge in [-0.05, 0) is 180 Å². The molecule has 11 aromatic rings. The van der Waals surface area contributed by atoms with Gasteiger partial charge in [0, 0.05) is 16.2 Å². The van der Waals surface area contributed by atoms with E-state index in [-0.39, 0.29) is 16.2 Å². The highest BCUT2D eigenvalue weighted by molar-refractivity contribution is 6.22. The molecule has 328 valence electrons. The number of benzene rings is 11. The van der Waals surface area contributed by atoms with E-state index < -0.39 is 0 Å². The van der Waals surface area contributed by atoms with Crippen molar-refractivity contribution < 1.29 is 0 Å². The molecule has 3 aliphatic carbocycles. The van der Waals surface area contributed by atoms with E-state index in [1.807, 2.05) is 0 Å². The van der Waals surface area contributed by atoms with E-state index in [1.165, 1.54) is 144 Å². The average molecular weight is 881 g/mol. The molecule has 0 spiro atoms. The molecule has 3 aliphatic rings. The van der Waals surface area contributed by atoms with Gasteiger partial charge in [-0.3, -0.25) is 0 Å². The van der Waals surface area contributed by atoms with E-state index in [0.717, 1.165) is 0 Å². The number of hydrogen-bond acceptors (Lipinski definition) is 0. The summed E-state index contributed by atoms with van der Waals surface area (Å²) in [6.07, 6.45) is 0. The normalized spacial score (nSPS) is 15.2. The largest absolute Gasteiger partial charge is 0.0619 e. The third-order valence-corrected chi connectivity index (χ3v) is 16.9. The molecule has 0 amide bonds. The first-order valence-corrected chi connectivity index (χ1v) is 24.7. The first-order chi connectivity index (χ1) is 33.5. The highest BCUT2D eigenvalue weighted by Crippen LogP contribution is 2.55. The van der Waals surface area contributed by atoms with Gasteiger partial charge in [0.2, 0.25) is 0 Å². The van der Waals surface area contributed by atoms with Crippen LogP contribution < -0.4 is 0 Å². The third-order valence-electron chi connectivity index (χ3n) is 16.9. The number of hydrogen-bond donors (Lipinski definition) is 0. The second-order valence-corrected chi connectivity index (χ2v) is 21.6. The van der Waals surface area contributed by atoms with Crippen LogP contribution in [0.3, 0.4) is 0 Å². The summed E-state index contributed by atoms with van der Waals surface area (Å²) in [6, 6.07) is 78.8. The lowest BCUT2D eigenvalue weighted by Crippen LogP contribution is -2.15. The zero-order valence-corrected chi connectivity index (χ0v) is 40.1. The van der Waals surface area contributed by atoms with Crippen molar-refractivity contribution in [2.45, 2.75) is 57.8 Å². The van der Waals surface area contributed by atoms with E-state index in [0.29, 0.717) is 0 Å². The zero-order chi connectivity index (χ0) is 46.6. The molecule has 0 atom stereocenters. The van der Waals surface area contributed by atoms with Gasteiger partial charge in [-0.2, -0.15) is 0 Å². The minimum Gasteiger partial charge on any atom is -0.0619 e. The average Bonchev–Trinajstić information content (AvgIpc) is 3.86. The lowest BCUT2D eigenvalue weighted by atomic mass is 9.79. The molecule has 11 aromatic carbocycles. The topological polar surface area (TPSA) is 0 Å². The molecular weight excluding hydrogens is 829 g/mol. The molecule has 0 saturated heterocycles. The van der Waals surface area contributed by atoms with Gasteiger partial charge in [0.1, 0.15) is 0 Å². The molecule has 0 N–H and O–H groups in total. The van der Waals surface area contributed by atoms with Crippen LogP contribution in [0, 0.1) is 0 Å². The molecule has 0 nitrogen and oxygen atoms in total. The third kappa shape index (κ3) is 5.64. The standard InChI is InChI=1S/C69H52/c1-67(2)59-21-13-11-17-49(59)51-30-25-45(37-61(51)67)46-26-31-53-54-33-28-47(39-64(54)69(5,6)62(53)38-46)65-55-19-9-10-20-56(55)66(48-29-32-52-50-18-12-14-22-60(50)68(3,4)63(52)40-48)58-36-44(27-34-57(58)65)43-24-23-41-15-7-8-16-42(41)35-43/h7-40H,1-6H3. The first-order valence-electron chi connectivity index (χ1n) is 24.7. The second kappa shape index (κ2) is 14.1. The molecule has 69 heavy (non-hydrogen) atoms. The van der Waals surface area contributed by atoms with Crippen molar-refractivity contribution in [3.05, 3.63) is 240 Å². The maximum atomic E-state index is 2.53. The van der Waals surface area contributed by atoms with Crippen LogP contribution in [0.2, 0.25) is 0 Å². The Hall–Kier alpha value is -7.80. The molecule has 14 rings (SSSR count). The summed E-state index contributed by atoms with van der Waals surface area (Å²) < 4.78 is 0. The Labute approximate surface area is 405 Å². The smallest absolute Gasteiger partial charge is 0.0159 e. The molecule has 0 bridgehead atoms. The summed E-state index contributed by atoms with van der Waals surface area (Å²) in [4.78, 5) is 0. The van der Waals surface area contributed by atoms with Crippen LogP contribution >= 0.6 is 0 Å². The van der Waals surface area contributed by atoms with Crippen LogP contribution in [0.5, 0.6) is 0 Å². The highest BCUT2D eigenvalue weighted by Gasteiger charge is 2.39. The fraction of sp³-hybridized carbons (Fsp3) is 0.130. The van der Waals surface area contributed by atoms with E-state index in [1.54, 1.807) is 0 Å². The molecule has 0 heteroatoms. The lowest BCUT2D eigenvalue weighted by Gasteiger charge is -2.24. The van der Waals surface area contributed by atoms with Crippen LogP contribution in [0.25, 0.3) is 110 Å². The molecule has 0 fully saturated rings. The Bertz CT molecular complexity index is 4040. The van der Waals surface area contributed by atoms with Crippen LogP contribution in [0.15, 0.2) is 206 Å². The lowest BCUT2D eigenvalue weighted by molar-refractivity contribution is 0.659. The summed E-state index contributed by atoms with van der Waals surface area (Å²) in [5.41, 5.74) is 26.2. The van der Waals surface area contributed by atoms with Crippen molar-refractivity contribution in [1.29, 1.82) is 0 Å². The summed E-state index contributed by atoms with van der Waals surface area (Å²) in [6.45, 7) is 14.4. The molecule has 0 aliphatic heterocycles. The molecule has 0 heterocycles. The molecular formula is C69H52. The van der Waals surface area contributed by atoms with Crippen molar-refractivity contribution >= 4 is 32.3 Å². The summed E-state index contributed by atoms with van der Waals surface area (Å²) in [7, 11) is 0. The quantitative estimate of drug-likeness (QED) is 0.155. The first kappa shape index (κ1) is 40.3. The van der Waals surface area contributed by atoms with Gasteiger partial charge in [0.15, 0.2) is 0 Å². The van der Waals surface area contributed by atoms with Crippen molar-refractivity contribution in [2.75, 3.05) is 0 Å². The van der Waals surface area contributed by atoms with Gasteiger partial charge < -0.3 is 0 Å². The fourth-order valence-corrected chi connectivity index (χ4v) is 13.2. The number of rotatable bonds is 4. The van der Waals surface area contributed by atoms with E-state index in [2.05, 4.69) is 248 Å². The molecule has 0 unspecified atom stereocenters. The second-order valence-electron chi connectivity index (χ2n) is 21.6. The van der Waals surface area contributed by atoms with Gasteiger partial charge in [0.05, 0.1) is 0 Å². The fourth-order valence-electron chi connectivity index (χ4n) is 13.2. The van der Waals surface area contributed by atoms with Crippen molar-refractivity contribution in [3.63, 3.8) is 0 Å². The van der Waals surface area contributed by atoms with Crippen LogP contribution in [-0.2, 0) is 16.2 Å². The Morgan fingerprint density at radius 1 is 0.217 bits per heavy atom. The van der Waals surface area contributed by atoms with Crippen molar-refractivity contribution in [2.24, 2.45) is 0 Å². The summed E-state index contributed by atoms with van der Waals surface area (Å²) in [5.74, 6) is 0. The molecule has 0 radical (unpaired) electrons. The van der Waals surface area contributed by atoms with Crippen LogP contribution in [0.4, 0.5) is 0 Å². The zero-order valence-electron chi connectivity index (χ0n) is 40.1. The maximum absolute atomic E-state index is 2.53. The Balaban J connectivity index is 0.939. The molecule has 0 saturated carbocycles. The number of fused-ring (bicyclic) bond motifs is 12. The highest BCUT2D eigenvalue weighted by atomic mass is 14.4.